The Morgan fingerprint density at radius 3 is 2.41 bits per heavy atom. The molecule has 0 aromatic rings. The number of rotatable bonds is 5. The quantitative estimate of drug-likeness (QED) is 0.547. The molecule has 98 valence electrons. The summed E-state index contributed by atoms with van der Waals surface area (Å²) in [6.45, 7) is 5.96. The second-order valence-corrected chi connectivity index (χ2v) is 4.69. The Hall–Kier alpha value is -0.720. The predicted molar refractivity (Wildman–Crippen MR) is 70.9 cm³/mol. The number of thiocarbonyl (C=S) groups is 1. The molecule has 1 aliphatic rings. The third-order valence-corrected chi connectivity index (χ3v) is 3.42. The highest BCUT2D eigenvalue weighted by molar-refractivity contribution is 7.80. The number of hydrogen-bond acceptors (Lipinski definition) is 5. The van der Waals surface area contributed by atoms with Gasteiger partial charge in [0.05, 0.1) is 24.7 Å². The van der Waals surface area contributed by atoms with E-state index in [1.807, 2.05) is 0 Å². The summed E-state index contributed by atoms with van der Waals surface area (Å²) in [6.07, 6.45) is 0.937. The van der Waals surface area contributed by atoms with Crippen molar-refractivity contribution in [2.24, 2.45) is 5.73 Å². The van der Waals surface area contributed by atoms with Gasteiger partial charge in [-0.3, -0.25) is 14.6 Å². The molecule has 5 nitrogen and oxygen atoms in total. The number of ether oxygens (including phenoxy) is 1. The molecule has 17 heavy (non-hydrogen) atoms. The summed E-state index contributed by atoms with van der Waals surface area (Å²) in [5.74, 6) is -0.181. The van der Waals surface area contributed by atoms with Gasteiger partial charge in [-0.15, -0.1) is 0 Å². The largest absolute Gasteiger partial charge is 0.468 e. The molecule has 1 aliphatic heterocycles. The fourth-order valence-corrected chi connectivity index (χ4v) is 2.44. The topological polar surface area (TPSA) is 58.8 Å². The van der Waals surface area contributed by atoms with Gasteiger partial charge in [0.1, 0.15) is 0 Å². The lowest BCUT2D eigenvalue weighted by atomic mass is 10.1. The maximum atomic E-state index is 11.1. The molecular formula is C11H21N3O2S. The SMILES string of the molecule is CCC(C(N)=S)N1CCN(CC(=O)OC)CC1. The maximum Gasteiger partial charge on any atom is 0.319 e. The van der Waals surface area contributed by atoms with E-state index in [0.29, 0.717) is 11.5 Å². The van der Waals surface area contributed by atoms with Gasteiger partial charge >= 0.3 is 5.97 Å². The Kier molecular flexibility index (Phi) is 5.80. The summed E-state index contributed by atoms with van der Waals surface area (Å²) >= 11 is 5.06. The van der Waals surface area contributed by atoms with Gasteiger partial charge in [-0.2, -0.15) is 0 Å². The van der Waals surface area contributed by atoms with Crippen LogP contribution in [0.15, 0.2) is 0 Å². The molecule has 2 N–H and O–H groups in total. The van der Waals surface area contributed by atoms with Crippen LogP contribution in [-0.4, -0.2) is 66.6 Å². The summed E-state index contributed by atoms with van der Waals surface area (Å²) in [7, 11) is 1.42. The van der Waals surface area contributed by atoms with E-state index in [2.05, 4.69) is 21.5 Å². The predicted octanol–water partition coefficient (Wildman–Crippen LogP) is -0.158. The van der Waals surface area contributed by atoms with Crippen molar-refractivity contribution in [3.05, 3.63) is 0 Å². The minimum Gasteiger partial charge on any atom is -0.468 e. The summed E-state index contributed by atoms with van der Waals surface area (Å²) in [5, 5.41) is 0. The molecule has 0 aromatic carbocycles. The van der Waals surface area contributed by atoms with Crippen LogP contribution in [0.1, 0.15) is 13.3 Å². The Morgan fingerprint density at radius 2 is 2.00 bits per heavy atom. The van der Waals surface area contributed by atoms with Crippen LogP contribution in [0.4, 0.5) is 0 Å². The first kappa shape index (κ1) is 14.3. The van der Waals surface area contributed by atoms with Gasteiger partial charge in [0, 0.05) is 26.2 Å². The number of carbonyl (C=O) groups excluding carboxylic acids is 1. The molecule has 0 bridgehead atoms. The number of carbonyl (C=O) groups is 1. The second-order valence-electron chi connectivity index (χ2n) is 4.21. The number of esters is 1. The van der Waals surface area contributed by atoms with Crippen LogP contribution in [0.5, 0.6) is 0 Å². The van der Waals surface area contributed by atoms with Crippen molar-refractivity contribution in [3.8, 4) is 0 Å². The van der Waals surface area contributed by atoms with Crippen LogP contribution in [-0.2, 0) is 9.53 Å². The van der Waals surface area contributed by atoms with Gasteiger partial charge < -0.3 is 10.5 Å². The first-order valence-electron chi connectivity index (χ1n) is 5.91. The number of hydrogen-bond donors (Lipinski definition) is 1. The number of methoxy groups -OCH3 is 1. The summed E-state index contributed by atoms with van der Waals surface area (Å²) in [4.78, 5) is 16.1. The van der Waals surface area contributed by atoms with E-state index in [1.165, 1.54) is 7.11 Å². The molecular weight excluding hydrogens is 238 g/mol. The van der Waals surface area contributed by atoms with E-state index < -0.39 is 0 Å². The van der Waals surface area contributed by atoms with E-state index >= 15 is 0 Å². The monoisotopic (exact) mass is 259 g/mol. The third kappa shape index (κ3) is 4.22. The maximum absolute atomic E-state index is 11.1. The Morgan fingerprint density at radius 1 is 1.41 bits per heavy atom. The average Bonchev–Trinajstić information content (AvgIpc) is 2.31. The van der Waals surface area contributed by atoms with Crippen molar-refractivity contribution in [1.29, 1.82) is 0 Å². The van der Waals surface area contributed by atoms with Crippen molar-refractivity contribution in [3.63, 3.8) is 0 Å². The third-order valence-electron chi connectivity index (χ3n) is 3.14. The molecule has 1 atom stereocenters. The Bertz CT molecular complexity index is 278. The van der Waals surface area contributed by atoms with Crippen molar-refractivity contribution >= 4 is 23.2 Å². The first-order chi connectivity index (χ1) is 8.08. The molecule has 6 heteroatoms. The first-order valence-corrected chi connectivity index (χ1v) is 6.31. The zero-order valence-corrected chi connectivity index (χ0v) is 11.3. The molecule has 0 spiro atoms. The van der Waals surface area contributed by atoms with Gasteiger partial charge in [0.25, 0.3) is 0 Å². The lowest BCUT2D eigenvalue weighted by molar-refractivity contribution is -0.142. The van der Waals surface area contributed by atoms with Gasteiger partial charge in [0.2, 0.25) is 0 Å². The van der Waals surface area contributed by atoms with Crippen LogP contribution in [0.2, 0.25) is 0 Å². The van der Waals surface area contributed by atoms with E-state index in [1.54, 1.807) is 0 Å². The highest BCUT2D eigenvalue weighted by atomic mass is 32.1. The standard InChI is InChI=1S/C11H21N3O2S/c1-3-9(11(12)17)14-6-4-13(5-7-14)8-10(15)16-2/h9H,3-8H2,1-2H3,(H2,12,17). The van der Waals surface area contributed by atoms with Crippen LogP contribution in [0.25, 0.3) is 0 Å². The smallest absolute Gasteiger partial charge is 0.319 e. The highest BCUT2D eigenvalue weighted by Gasteiger charge is 2.25. The molecule has 0 saturated carbocycles. The normalized spacial score (nSPS) is 19.9. The van der Waals surface area contributed by atoms with Gasteiger partial charge in [-0.25, -0.2) is 0 Å². The molecule has 0 amide bonds. The van der Waals surface area contributed by atoms with E-state index in [9.17, 15) is 4.79 Å². The van der Waals surface area contributed by atoms with Crippen LogP contribution < -0.4 is 5.73 Å². The van der Waals surface area contributed by atoms with E-state index in [-0.39, 0.29) is 12.0 Å². The number of piperazine rings is 1. The molecule has 1 saturated heterocycles. The minimum atomic E-state index is -0.181. The molecule has 0 radical (unpaired) electrons. The minimum absolute atomic E-state index is 0.181. The van der Waals surface area contributed by atoms with Gasteiger partial charge in [-0.1, -0.05) is 19.1 Å². The van der Waals surface area contributed by atoms with Crippen LogP contribution in [0, 0.1) is 0 Å². The van der Waals surface area contributed by atoms with Crippen molar-refractivity contribution < 1.29 is 9.53 Å². The molecule has 1 heterocycles. The zero-order valence-electron chi connectivity index (χ0n) is 10.5. The van der Waals surface area contributed by atoms with Crippen LogP contribution >= 0.6 is 12.2 Å². The fourth-order valence-electron chi connectivity index (χ4n) is 2.12. The molecule has 1 fully saturated rings. The van der Waals surface area contributed by atoms with E-state index in [4.69, 9.17) is 18.0 Å². The van der Waals surface area contributed by atoms with Crippen molar-refractivity contribution in [2.75, 3.05) is 39.8 Å². The second kappa shape index (κ2) is 6.88. The Labute approximate surface area is 108 Å². The Balaban J connectivity index is 2.39. The molecule has 1 rings (SSSR count). The molecule has 1 unspecified atom stereocenters. The molecule has 0 aliphatic carbocycles. The lowest BCUT2D eigenvalue weighted by Gasteiger charge is -2.38. The average molecular weight is 259 g/mol. The lowest BCUT2D eigenvalue weighted by Crippen LogP contribution is -2.54. The number of nitrogens with two attached hydrogens (primary N) is 1. The highest BCUT2D eigenvalue weighted by Crippen LogP contribution is 2.09. The summed E-state index contributed by atoms with van der Waals surface area (Å²) in [5.41, 5.74) is 5.72. The fraction of sp³-hybridized carbons (Fsp3) is 0.818. The summed E-state index contributed by atoms with van der Waals surface area (Å²) < 4.78 is 4.65. The van der Waals surface area contributed by atoms with Gasteiger partial charge in [0.15, 0.2) is 0 Å². The van der Waals surface area contributed by atoms with Crippen molar-refractivity contribution in [1.82, 2.24) is 9.80 Å². The van der Waals surface area contributed by atoms with Gasteiger partial charge in [-0.05, 0) is 6.42 Å². The number of nitrogens with zero attached hydrogens (tertiary/aromatic N) is 2. The van der Waals surface area contributed by atoms with Crippen molar-refractivity contribution in [2.45, 2.75) is 19.4 Å². The zero-order chi connectivity index (χ0) is 12.8. The molecule has 0 aromatic heterocycles. The van der Waals surface area contributed by atoms with E-state index in [0.717, 1.165) is 32.6 Å². The van der Waals surface area contributed by atoms with Crippen LogP contribution in [0.3, 0.4) is 0 Å². The summed E-state index contributed by atoms with van der Waals surface area (Å²) in [6, 6.07) is 0.185.